The number of carbonyl (C=O) groups is 2. The first-order valence-corrected chi connectivity index (χ1v) is 5.93. The SMILES string of the molecule is COC(=O)[C@@]1(F)CCCN(C(=O)OC(C)(C)C)C1. The summed E-state index contributed by atoms with van der Waals surface area (Å²) >= 11 is 0. The molecule has 0 bridgehead atoms. The second kappa shape index (κ2) is 5.12. The summed E-state index contributed by atoms with van der Waals surface area (Å²) in [4.78, 5) is 24.4. The van der Waals surface area contributed by atoms with Crippen molar-refractivity contribution >= 4 is 12.1 Å². The van der Waals surface area contributed by atoms with Crippen LogP contribution in [0.3, 0.4) is 0 Å². The molecular formula is C12H20FNO4. The highest BCUT2D eigenvalue weighted by Crippen LogP contribution is 2.27. The first kappa shape index (κ1) is 14.7. The van der Waals surface area contributed by atoms with E-state index < -0.39 is 23.3 Å². The van der Waals surface area contributed by atoms with Crippen molar-refractivity contribution in [3.63, 3.8) is 0 Å². The minimum absolute atomic E-state index is 0.0684. The minimum atomic E-state index is -2.12. The predicted octanol–water partition coefficient (Wildman–Crippen LogP) is 1.90. The Bertz CT molecular complexity index is 339. The van der Waals surface area contributed by atoms with E-state index in [2.05, 4.69) is 4.74 Å². The highest BCUT2D eigenvalue weighted by atomic mass is 19.1. The first-order chi connectivity index (χ1) is 8.18. The van der Waals surface area contributed by atoms with Crippen molar-refractivity contribution in [2.24, 2.45) is 0 Å². The quantitative estimate of drug-likeness (QED) is 0.676. The molecule has 1 atom stereocenters. The predicted molar refractivity (Wildman–Crippen MR) is 62.9 cm³/mol. The Labute approximate surface area is 106 Å². The molecule has 6 heteroatoms. The van der Waals surface area contributed by atoms with Crippen LogP contribution in [-0.2, 0) is 14.3 Å². The van der Waals surface area contributed by atoms with Gasteiger partial charge in [-0.2, -0.15) is 0 Å². The molecule has 18 heavy (non-hydrogen) atoms. The van der Waals surface area contributed by atoms with Gasteiger partial charge in [0.2, 0.25) is 5.67 Å². The third kappa shape index (κ3) is 3.58. The molecule has 0 radical (unpaired) electrons. The van der Waals surface area contributed by atoms with Crippen molar-refractivity contribution in [3.05, 3.63) is 0 Å². The molecule has 0 unspecified atom stereocenters. The molecule has 1 fully saturated rings. The smallest absolute Gasteiger partial charge is 0.410 e. The van der Waals surface area contributed by atoms with Crippen LogP contribution >= 0.6 is 0 Å². The van der Waals surface area contributed by atoms with E-state index in [1.54, 1.807) is 20.8 Å². The Kier molecular flexibility index (Phi) is 4.19. The Balaban J connectivity index is 2.69. The third-order valence-corrected chi connectivity index (χ3v) is 2.65. The maximum atomic E-state index is 14.3. The lowest BCUT2D eigenvalue weighted by Crippen LogP contribution is -2.53. The van der Waals surface area contributed by atoms with Crippen LogP contribution in [0.15, 0.2) is 0 Å². The summed E-state index contributed by atoms with van der Waals surface area (Å²) < 4.78 is 23.9. The van der Waals surface area contributed by atoms with E-state index >= 15 is 0 Å². The largest absolute Gasteiger partial charge is 0.467 e. The summed E-state index contributed by atoms with van der Waals surface area (Å²) in [6.07, 6.45) is -0.128. The number of hydrogen-bond donors (Lipinski definition) is 0. The van der Waals surface area contributed by atoms with Gasteiger partial charge in [0.25, 0.3) is 0 Å². The van der Waals surface area contributed by atoms with Crippen molar-refractivity contribution in [2.45, 2.75) is 44.9 Å². The Morgan fingerprint density at radius 3 is 2.44 bits per heavy atom. The molecule has 1 aliphatic heterocycles. The summed E-state index contributed by atoms with van der Waals surface area (Å²) in [6.45, 7) is 5.28. The average Bonchev–Trinajstić information content (AvgIpc) is 2.25. The molecule has 0 spiro atoms. The zero-order valence-electron chi connectivity index (χ0n) is 11.3. The van der Waals surface area contributed by atoms with Crippen LogP contribution in [0.2, 0.25) is 0 Å². The highest BCUT2D eigenvalue weighted by molar-refractivity contribution is 5.81. The summed E-state index contributed by atoms with van der Waals surface area (Å²) in [6, 6.07) is 0. The van der Waals surface area contributed by atoms with E-state index in [1.807, 2.05) is 0 Å². The van der Waals surface area contributed by atoms with Gasteiger partial charge in [0.1, 0.15) is 5.60 Å². The van der Waals surface area contributed by atoms with Crippen molar-refractivity contribution in [2.75, 3.05) is 20.2 Å². The second-order valence-electron chi connectivity index (χ2n) is 5.46. The van der Waals surface area contributed by atoms with Crippen LogP contribution in [0.5, 0.6) is 0 Å². The van der Waals surface area contributed by atoms with Crippen LogP contribution in [-0.4, -0.2) is 48.4 Å². The van der Waals surface area contributed by atoms with Crippen molar-refractivity contribution in [1.29, 1.82) is 0 Å². The first-order valence-electron chi connectivity index (χ1n) is 5.93. The number of hydrogen-bond acceptors (Lipinski definition) is 4. The summed E-state index contributed by atoms with van der Waals surface area (Å²) in [5.74, 6) is -0.934. The fraction of sp³-hybridized carbons (Fsp3) is 0.833. The monoisotopic (exact) mass is 261 g/mol. The molecule has 1 aliphatic rings. The number of nitrogens with zero attached hydrogens (tertiary/aromatic N) is 1. The normalized spacial score (nSPS) is 24.6. The van der Waals surface area contributed by atoms with Crippen LogP contribution < -0.4 is 0 Å². The van der Waals surface area contributed by atoms with E-state index in [9.17, 15) is 14.0 Å². The van der Waals surface area contributed by atoms with Crippen LogP contribution in [0.25, 0.3) is 0 Å². The molecule has 5 nitrogen and oxygen atoms in total. The van der Waals surface area contributed by atoms with Crippen LogP contribution in [0.4, 0.5) is 9.18 Å². The molecule has 1 saturated heterocycles. The molecule has 0 N–H and O–H groups in total. The molecule has 0 aromatic heterocycles. The van der Waals surface area contributed by atoms with Gasteiger partial charge in [-0.05, 0) is 33.6 Å². The third-order valence-electron chi connectivity index (χ3n) is 2.65. The second-order valence-corrected chi connectivity index (χ2v) is 5.46. The summed E-state index contributed by atoms with van der Waals surface area (Å²) in [5.41, 5.74) is -2.76. The number of esters is 1. The number of rotatable bonds is 1. The molecule has 104 valence electrons. The topological polar surface area (TPSA) is 55.8 Å². The standard InChI is InChI=1S/C12H20FNO4/c1-11(2,3)18-10(16)14-7-5-6-12(13,8-14)9(15)17-4/h5-8H2,1-4H3/t12-/m1/s1. The number of amides is 1. The lowest BCUT2D eigenvalue weighted by Gasteiger charge is -2.36. The van der Waals surface area contributed by atoms with Gasteiger partial charge in [-0.15, -0.1) is 0 Å². The molecule has 0 aromatic rings. The van der Waals surface area contributed by atoms with Crippen molar-refractivity contribution in [1.82, 2.24) is 4.90 Å². The van der Waals surface area contributed by atoms with Gasteiger partial charge in [-0.25, -0.2) is 14.0 Å². The lowest BCUT2D eigenvalue weighted by molar-refractivity contribution is -0.158. The zero-order chi connectivity index (χ0) is 14.0. The zero-order valence-corrected chi connectivity index (χ0v) is 11.3. The summed E-state index contributed by atoms with van der Waals surface area (Å²) in [5, 5.41) is 0. The molecule has 1 rings (SSSR count). The maximum absolute atomic E-state index is 14.3. The number of ether oxygens (including phenoxy) is 2. The molecule has 1 amide bonds. The van der Waals surface area contributed by atoms with Gasteiger partial charge in [0, 0.05) is 6.54 Å². The van der Waals surface area contributed by atoms with Gasteiger partial charge in [-0.3, -0.25) is 0 Å². The Hall–Kier alpha value is -1.33. The number of carbonyl (C=O) groups excluding carboxylic acids is 2. The van der Waals surface area contributed by atoms with Gasteiger partial charge in [-0.1, -0.05) is 0 Å². The number of alkyl halides is 1. The number of likely N-dealkylation sites (tertiary alicyclic amines) is 1. The lowest BCUT2D eigenvalue weighted by atomic mass is 9.95. The molecule has 0 aromatic carbocycles. The molecule has 0 aliphatic carbocycles. The van der Waals surface area contributed by atoms with E-state index in [1.165, 1.54) is 4.90 Å². The van der Waals surface area contributed by atoms with E-state index in [0.717, 1.165) is 7.11 Å². The minimum Gasteiger partial charge on any atom is -0.467 e. The van der Waals surface area contributed by atoms with Gasteiger partial charge in [0.05, 0.1) is 13.7 Å². The molecule has 0 saturated carbocycles. The van der Waals surface area contributed by atoms with Gasteiger partial charge >= 0.3 is 12.1 Å². The maximum Gasteiger partial charge on any atom is 0.410 e. The average molecular weight is 261 g/mol. The Morgan fingerprint density at radius 1 is 1.33 bits per heavy atom. The Morgan fingerprint density at radius 2 is 1.94 bits per heavy atom. The van der Waals surface area contributed by atoms with Crippen molar-refractivity contribution < 1.29 is 23.5 Å². The van der Waals surface area contributed by atoms with Gasteiger partial charge < -0.3 is 14.4 Å². The summed E-state index contributed by atoms with van der Waals surface area (Å²) in [7, 11) is 1.14. The van der Waals surface area contributed by atoms with E-state index in [4.69, 9.17) is 4.74 Å². The highest BCUT2D eigenvalue weighted by Gasteiger charge is 2.45. The fourth-order valence-electron chi connectivity index (χ4n) is 1.84. The van der Waals surface area contributed by atoms with Gasteiger partial charge in [0.15, 0.2) is 0 Å². The van der Waals surface area contributed by atoms with E-state index in [-0.39, 0.29) is 13.0 Å². The van der Waals surface area contributed by atoms with Crippen LogP contribution in [0, 0.1) is 0 Å². The van der Waals surface area contributed by atoms with Crippen LogP contribution in [0.1, 0.15) is 33.6 Å². The fourth-order valence-corrected chi connectivity index (χ4v) is 1.84. The van der Waals surface area contributed by atoms with E-state index in [0.29, 0.717) is 13.0 Å². The number of methoxy groups -OCH3 is 1. The number of piperidine rings is 1. The van der Waals surface area contributed by atoms with Crippen molar-refractivity contribution in [3.8, 4) is 0 Å². The molecule has 1 heterocycles. The molecular weight excluding hydrogens is 241 g/mol. The number of halogens is 1.